The van der Waals surface area contributed by atoms with Crippen molar-refractivity contribution < 1.29 is 4.21 Å². The molecule has 2 unspecified atom stereocenters. The van der Waals surface area contributed by atoms with Gasteiger partial charge in [-0.2, -0.15) is 0 Å². The van der Waals surface area contributed by atoms with Crippen LogP contribution < -0.4 is 0 Å². The maximum Gasteiger partial charge on any atom is 0.178 e. The van der Waals surface area contributed by atoms with E-state index < -0.39 is 10.8 Å². The molecule has 0 aliphatic heterocycles. The number of hydrogen-bond donors (Lipinski definition) is 1. The first-order valence-electron chi connectivity index (χ1n) is 5.19. The summed E-state index contributed by atoms with van der Waals surface area (Å²) >= 11 is 11.3. The predicted molar refractivity (Wildman–Crippen MR) is 75.8 cm³/mol. The number of aromatic amines is 1. The fourth-order valence-corrected chi connectivity index (χ4v) is 3.33. The molecular weight excluding hydrogens is 276 g/mol. The summed E-state index contributed by atoms with van der Waals surface area (Å²) in [6.45, 7) is 2.01. The number of aromatic nitrogens is 2. The molecule has 1 aromatic carbocycles. The van der Waals surface area contributed by atoms with E-state index in [0.29, 0.717) is 15.5 Å². The lowest BCUT2D eigenvalue weighted by atomic mass is 10.3. The number of H-pyrrole nitrogens is 1. The predicted octanol–water partition coefficient (Wildman–Crippen LogP) is 3.29. The molecule has 0 amide bonds. The van der Waals surface area contributed by atoms with Crippen molar-refractivity contribution in [3.63, 3.8) is 0 Å². The summed E-state index contributed by atoms with van der Waals surface area (Å²) in [7, 11) is -0.851. The van der Waals surface area contributed by atoms with Crippen LogP contribution in [0.2, 0.25) is 5.02 Å². The zero-order valence-electron chi connectivity index (χ0n) is 9.57. The monoisotopic (exact) mass is 288 g/mol. The molecule has 92 valence electrons. The molecule has 3 nitrogen and oxygen atoms in total. The molecule has 0 saturated carbocycles. The van der Waals surface area contributed by atoms with Gasteiger partial charge < -0.3 is 9.55 Å². The first kappa shape index (κ1) is 12.8. The molecule has 0 saturated heterocycles. The Hall–Kier alpha value is -0.650. The third-order valence-electron chi connectivity index (χ3n) is 2.60. The SMILES string of the molecule is CC(CS(C)=O)n1c(=S)[nH]c2ccc(Cl)cc21. The number of benzene rings is 1. The van der Waals surface area contributed by atoms with Crippen molar-refractivity contribution >= 4 is 45.7 Å². The molecule has 0 aliphatic rings. The third kappa shape index (κ3) is 2.61. The van der Waals surface area contributed by atoms with Crippen LogP contribution in [0.15, 0.2) is 18.2 Å². The van der Waals surface area contributed by atoms with Crippen LogP contribution in [0.1, 0.15) is 13.0 Å². The van der Waals surface area contributed by atoms with Gasteiger partial charge >= 0.3 is 0 Å². The molecule has 2 aromatic rings. The van der Waals surface area contributed by atoms with Crippen LogP contribution in [0.25, 0.3) is 11.0 Å². The van der Waals surface area contributed by atoms with Gasteiger partial charge in [0.1, 0.15) is 0 Å². The van der Waals surface area contributed by atoms with Gasteiger partial charge in [0.2, 0.25) is 0 Å². The quantitative estimate of drug-likeness (QED) is 0.880. The van der Waals surface area contributed by atoms with Crippen molar-refractivity contribution in [2.75, 3.05) is 12.0 Å². The van der Waals surface area contributed by atoms with Gasteiger partial charge in [0, 0.05) is 33.9 Å². The lowest BCUT2D eigenvalue weighted by molar-refractivity contribution is 0.605. The Morgan fingerprint density at radius 2 is 2.29 bits per heavy atom. The van der Waals surface area contributed by atoms with Crippen molar-refractivity contribution in [1.29, 1.82) is 0 Å². The van der Waals surface area contributed by atoms with Gasteiger partial charge in [-0.15, -0.1) is 0 Å². The van der Waals surface area contributed by atoms with Crippen molar-refractivity contribution in [2.45, 2.75) is 13.0 Å². The number of halogens is 1. The Kier molecular flexibility index (Phi) is 3.70. The molecule has 1 aromatic heterocycles. The Bertz CT molecular complexity index is 632. The summed E-state index contributed by atoms with van der Waals surface area (Å²) in [4.78, 5) is 3.13. The highest BCUT2D eigenvalue weighted by atomic mass is 35.5. The smallest absolute Gasteiger partial charge is 0.178 e. The topological polar surface area (TPSA) is 37.8 Å². The Labute approximate surface area is 112 Å². The molecule has 0 fully saturated rings. The minimum atomic E-state index is -0.851. The molecule has 0 bridgehead atoms. The second kappa shape index (κ2) is 4.92. The molecule has 1 heterocycles. The number of imidazole rings is 1. The lowest BCUT2D eigenvalue weighted by Crippen LogP contribution is -2.12. The van der Waals surface area contributed by atoms with E-state index in [0.717, 1.165) is 11.0 Å². The van der Waals surface area contributed by atoms with E-state index in [4.69, 9.17) is 23.8 Å². The van der Waals surface area contributed by atoms with E-state index in [-0.39, 0.29) is 6.04 Å². The maximum atomic E-state index is 11.3. The summed E-state index contributed by atoms with van der Waals surface area (Å²) in [5.41, 5.74) is 1.91. The first-order valence-corrected chi connectivity index (χ1v) is 7.70. The minimum Gasteiger partial charge on any atom is -0.331 e. The van der Waals surface area contributed by atoms with Crippen molar-refractivity contribution in [3.8, 4) is 0 Å². The number of nitrogens with one attached hydrogen (secondary N) is 1. The molecule has 2 rings (SSSR count). The van der Waals surface area contributed by atoms with E-state index in [1.54, 1.807) is 6.26 Å². The van der Waals surface area contributed by atoms with Crippen LogP contribution in [0.4, 0.5) is 0 Å². The van der Waals surface area contributed by atoms with Crippen molar-refractivity contribution in [2.24, 2.45) is 0 Å². The number of nitrogens with zero attached hydrogens (tertiary/aromatic N) is 1. The van der Waals surface area contributed by atoms with Crippen molar-refractivity contribution in [3.05, 3.63) is 28.0 Å². The highest BCUT2D eigenvalue weighted by Crippen LogP contribution is 2.22. The van der Waals surface area contributed by atoms with E-state index in [1.165, 1.54) is 0 Å². The van der Waals surface area contributed by atoms with Crippen LogP contribution in [0.5, 0.6) is 0 Å². The minimum absolute atomic E-state index is 0.0838. The summed E-state index contributed by atoms with van der Waals surface area (Å²) in [6.07, 6.45) is 1.70. The van der Waals surface area contributed by atoms with E-state index in [9.17, 15) is 4.21 Å². The van der Waals surface area contributed by atoms with Gasteiger partial charge in [-0.25, -0.2) is 0 Å². The maximum absolute atomic E-state index is 11.3. The molecular formula is C11H13ClN2OS2. The fourth-order valence-electron chi connectivity index (χ4n) is 1.95. The van der Waals surface area contributed by atoms with Crippen LogP contribution in [0, 0.1) is 4.77 Å². The fraction of sp³-hybridized carbons (Fsp3) is 0.364. The largest absolute Gasteiger partial charge is 0.331 e. The Morgan fingerprint density at radius 3 is 2.94 bits per heavy atom. The second-order valence-electron chi connectivity index (χ2n) is 4.05. The molecule has 17 heavy (non-hydrogen) atoms. The molecule has 1 N–H and O–H groups in total. The highest BCUT2D eigenvalue weighted by molar-refractivity contribution is 7.84. The first-order chi connectivity index (χ1) is 7.99. The number of rotatable bonds is 3. The molecule has 2 atom stereocenters. The standard InChI is InChI=1S/C11H13ClN2OS2/c1-7(6-17(2)15)14-10-5-8(12)3-4-9(10)13-11(14)16/h3-5,7H,6H2,1-2H3,(H,13,16). The molecule has 0 aliphatic carbocycles. The van der Waals surface area contributed by atoms with E-state index >= 15 is 0 Å². The average Bonchev–Trinajstić information content (AvgIpc) is 2.52. The van der Waals surface area contributed by atoms with Gasteiger partial charge in [0.25, 0.3) is 0 Å². The molecule has 0 spiro atoms. The number of fused-ring (bicyclic) bond motifs is 1. The van der Waals surface area contributed by atoms with Crippen LogP contribution in [0.3, 0.4) is 0 Å². The summed E-state index contributed by atoms with van der Waals surface area (Å²) in [5, 5.41) is 0.671. The zero-order chi connectivity index (χ0) is 12.6. The zero-order valence-corrected chi connectivity index (χ0v) is 12.0. The normalized spacial score (nSPS) is 15.0. The van der Waals surface area contributed by atoms with E-state index in [1.807, 2.05) is 29.7 Å². The lowest BCUT2D eigenvalue weighted by Gasteiger charge is -2.12. The average molecular weight is 289 g/mol. The van der Waals surface area contributed by atoms with Crippen LogP contribution >= 0.6 is 23.8 Å². The Morgan fingerprint density at radius 1 is 1.59 bits per heavy atom. The van der Waals surface area contributed by atoms with Gasteiger partial charge in [-0.1, -0.05) is 11.6 Å². The Balaban J connectivity index is 2.59. The summed E-state index contributed by atoms with van der Waals surface area (Å²) in [6, 6.07) is 5.68. The summed E-state index contributed by atoms with van der Waals surface area (Å²) < 4.78 is 13.9. The van der Waals surface area contributed by atoms with Gasteiger partial charge in [-0.3, -0.25) is 4.21 Å². The third-order valence-corrected chi connectivity index (χ3v) is 4.08. The van der Waals surface area contributed by atoms with E-state index in [2.05, 4.69) is 4.98 Å². The molecule has 6 heteroatoms. The highest BCUT2D eigenvalue weighted by Gasteiger charge is 2.12. The van der Waals surface area contributed by atoms with Gasteiger partial charge in [0.15, 0.2) is 4.77 Å². The summed E-state index contributed by atoms with van der Waals surface area (Å²) in [5.74, 6) is 0.577. The van der Waals surface area contributed by atoms with Gasteiger partial charge in [0.05, 0.1) is 11.0 Å². The van der Waals surface area contributed by atoms with Crippen molar-refractivity contribution in [1.82, 2.24) is 9.55 Å². The van der Waals surface area contributed by atoms with Crippen LogP contribution in [-0.2, 0) is 10.8 Å². The number of hydrogen-bond acceptors (Lipinski definition) is 2. The van der Waals surface area contributed by atoms with Crippen LogP contribution in [-0.4, -0.2) is 25.8 Å². The van der Waals surface area contributed by atoms with Gasteiger partial charge in [-0.05, 0) is 37.3 Å². The molecule has 0 radical (unpaired) electrons. The second-order valence-corrected chi connectivity index (χ2v) is 6.35.